The fraction of sp³-hybridized carbons (Fsp3) is 0.143. The number of nitro groups is 1. The first kappa shape index (κ1) is 14.4. The first-order valence-corrected chi connectivity index (χ1v) is 6.34. The number of para-hydroxylation sites is 2. The molecule has 0 spiro atoms. The second kappa shape index (κ2) is 6.99. The number of aromatic nitrogens is 1. The highest BCUT2D eigenvalue weighted by Crippen LogP contribution is 2.22. The molecule has 0 bridgehead atoms. The lowest BCUT2D eigenvalue weighted by molar-refractivity contribution is -0.384. The zero-order valence-electron chi connectivity index (χ0n) is 11.2. The van der Waals surface area contributed by atoms with Crippen LogP contribution >= 0.6 is 0 Å². The van der Waals surface area contributed by atoms with Crippen LogP contribution in [-0.4, -0.2) is 28.9 Å². The van der Waals surface area contributed by atoms with Crippen molar-refractivity contribution in [3.05, 3.63) is 64.5 Å². The molecule has 7 nitrogen and oxygen atoms in total. The van der Waals surface area contributed by atoms with Crippen LogP contribution in [0.3, 0.4) is 0 Å². The van der Waals surface area contributed by atoms with Gasteiger partial charge < -0.3 is 10.6 Å². The molecular formula is C14H14N4O3. The minimum absolute atomic E-state index is 0.0103. The molecule has 0 unspecified atom stereocenters. The Morgan fingerprint density at radius 2 is 2.00 bits per heavy atom. The van der Waals surface area contributed by atoms with Crippen molar-refractivity contribution in [3.63, 3.8) is 0 Å². The monoisotopic (exact) mass is 286 g/mol. The average Bonchev–Trinajstić information content (AvgIpc) is 2.52. The molecule has 0 fully saturated rings. The molecule has 1 amide bonds. The van der Waals surface area contributed by atoms with Crippen LogP contribution in [0.4, 0.5) is 11.4 Å². The van der Waals surface area contributed by atoms with Gasteiger partial charge in [-0.3, -0.25) is 19.9 Å². The van der Waals surface area contributed by atoms with Gasteiger partial charge in [0.1, 0.15) is 5.69 Å². The first-order chi connectivity index (χ1) is 10.2. The molecule has 108 valence electrons. The van der Waals surface area contributed by atoms with Crippen molar-refractivity contribution in [2.45, 2.75) is 0 Å². The van der Waals surface area contributed by atoms with E-state index in [9.17, 15) is 14.9 Å². The number of nitrogens with one attached hydrogen (secondary N) is 2. The molecule has 21 heavy (non-hydrogen) atoms. The number of carbonyl (C=O) groups is 1. The van der Waals surface area contributed by atoms with Crippen molar-refractivity contribution >= 4 is 17.3 Å². The molecule has 0 aliphatic rings. The number of benzene rings is 1. The van der Waals surface area contributed by atoms with Gasteiger partial charge in [-0.1, -0.05) is 12.1 Å². The average molecular weight is 286 g/mol. The Balaban J connectivity index is 1.83. The Bertz CT molecular complexity index is 631. The van der Waals surface area contributed by atoms with Gasteiger partial charge in [0.05, 0.1) is 10.5 Å². The third-order valence-corrected chi connectivity index (χ3v) is 2.75. The molecule has 0 aliphatic heterocycles. The fourth-order valence-corrected chi connectivity index (χ4v) is 1.75. The van der Waals surface area contributed by atoms with E-state index in [4.69, 9.17) is 0 Å². The van der Waals surface area contributed by atoms with Crippen LogP contribution in [0.25, 0.3) is 0 Å². The van der Waals surface area contributed by atoms with Gasteiger partial charge in [0, 0.05) is 31.5 Å². The lowest BCUT2D eigenvalue weighted by Gasteiger charge is -2.08. The zero-order valence-corrected chi connectivity index (χ0v) is 11.2. The van der Waals surface area contributed by atoms with Crippen LogP contribution in [0.5, 0.6) is 0 Å². The largest absolute Gasteiger partial charge is 0.378 e. The summed E-state index contributed by atoms with van der Waals surface area (Å²) in [5.74, 6) is -0.229. The molecule has 2 N–H and O–H groups in total. The summed E-state index contributed by atoms with van der Waals surface area (Å²) in [5.41, 5.74) is 0.914. The van der Waals surface area contributed by atoms with Crippen LogP contribution in [0.1, 0.15) is 10.4 Å². The topological polar surface area (TPSA) is 97.2 Å². The van der Waals surface area contributed by atoms with Gasteiger partial charge in [0.25, 0.3) is 11.6 Å². The fourth-order valence-electron chi connectivity index (χ4n) is 1.75. The molecule has 0 atom stereocenters. The molecule has 2 aromatic rings. The van der Waals surface area contributed by atoms with Crippen LogP contribution in [-0.2, 0) is 0 Å². The van der Waals surface area contributed by atoms with E-state index in [1.165, 1.54) is 12.3 Å². The predicted octanol–water partition coefficient (Wildman–Crippen LogP) is 1.83. The second-order valence-electron chi connectivity index (χ2n) is 4.20. The van der Waals surface area contributed by atoms with Gasteiger partial charge >= 0.3 is 0 Å². The molecule has 1 heterocycles. The summed E-state index contributed by atoms with van der Waals surface area (Å²) in [6, 6.07) is 9.72. The zero-order chi connectivity index (χ0) is 15.1. The van der Waals surface area contributed by atoms with Gasteiger partial charge in [0.15, 0.2) is 0 Å². The number of nitro benzene ring substituents is 1. The molecule has 0 saturated carbocycles. The maximum atomic E-state index is 11.7. The van der Waals surface area contributed by atoms with Crippen LogP contribution < -0.4 is 10.6 Å². The van der Waals surface area contributed by atoms with Crippen molar-refractivity contribution in [1.82, 2.24) is 10.3 Å². The molecule has 1 aromatic carbocycles. The third kappa shape index (κ3) is 4.00. The normalized spacial score (nSPS) is 9.90. The maximum absolute atomic E-state index is 11.7. The summed E-state index contributed by atoms with van der Waals surface area (Å²) in [5, 5.41) is 16.5. The van der Waals surface area contributed by atoms with Gasteiger partial charge in [-0.25, -0.2) is 0 Å². The van der Waals surface area contributed by atoms with Crippen molar-refractivity contribution in [2.75, 3.05) is 18.4 Å². The van der Waals surface area contributed by atoms with Crippen LogP contribution in [0.2, 0.25) is 0 Å². The van der Waals surface area contributed by atoms with E-state index < -0.39 is 4.92 Å². The minimum atomic E-state index is -0.448. The summed E-state index contributed by atoms with van der Waals surface area (Å²) in [6.07, 6.45) is 3.07. The van der Waals surface area contributed by atoms with Gasteiger partial charge in [-0.05, 0) is 18.2 Å². The van der Waals surface area contributed by atoms with Crippen LogP contribution in [0, 0.1) is 10.1 Å². The van der Waals surface area contributed by atoms with Gasteiger partial charge in [-0.2, -0.15) is 0 Å². The Kier molecular flexibility index (Phi) is 4.81. The quantitative estimate of drug-likeness (QED) is 0.479. The summed E-state index contributed by atoms with van der Waals surface area (Å²) in [6.45, 7) is 0.733. The van der Waals surface area contributed by atoms with Crippen LogP contribution in [0.15, 0.2) is 48.8 Å². The number of amides is 1. The molecule has 1 aromatic heterocycles. The Morgan fingerprint density at radius 3 is 2.71 bits per heavy atom. The maximum Gasteiger partial charge on any atom is 0.292 e. The SMILES string of the molecule is O=C(NCCNc1ccccc1[N+](=O)[O-])c1cccnc1. The number of carbonyl (C=O) groups excluding carboxylic acids is 1. The molecule has 2 rings (SSSR count). The number of hydrogen-bond acceptors (Lipinski definition) is 5. The standard InChI is InChI=1S/C14H14N4O3/c19-14(11-4-3-7-15-10-11)17-9-8-16-12-5-1-2-6-13(12)18(20)21/h1-7,10,16H,8-9H2,(H,17,19). The lowest BCUT2D eigenvalue weighted by atomic mass is 10.2. The highest BCUT2D eigenvalue weighted by Gasteiger charge is 2.11. The highest BCUT2D eigenvalue weighted by molar-refractivity contribution is 5.93. The smallest absolute Gasteiger partial charge is 0.292 e. The van der Waals surface area contributed by atoms with Gasteiger partial charge in [0.2, 0.25) is 0 Å². The van der Waals surface area contributed by atoms with E-state index in [2.05, 4.69) is 15.6 Å². The second-order valence-corrected chi connectivity index (χ2v) is 4.20. The number of rotatable bonds is 6. The van der Waals surface area contributed by atoms with Crippen molar-refractivity contribution in [2.24, 2.45) is 0 Å². The minimum Gasteiger partial charge on any atom is -0.378 e. The Hall–Kier alpha value is -2.96. The van der Waals surface area contributed by atoms with E-state index in [-0.39, 0.29) is 11.6 Å². The summed E-state index contributed by atoms with van der Waals surface area (Å²) in [7, 11) is 0. The molecule has 0 radical (unpaired) electrons. The third-order valence-electron chi connectivity index (χ3n) is 2.75. The first-order valence-electron chi connectivity index (χ1n) is 6.34. The van der Waals surface area contributed by atoms with E-state index >= 15 is 0 Å². The molecule has 0 saturated heterocycles. The number of pyridine rings is 1. The summed E-state index contributed by atoms with van der Waals surface area (Å²) < 4.78 is 0. The number of hydrogen-bond donors (Lipinski definition) is 2. The van der Waals surface area contributed by atoms with Crippen molar-refractivity contribution in [3.8, 4) is 0 Å². The lowest BCUT2D eigenvalue weighted by Crippen LogP contribution is -2.28. The Labute approximate surface area is 121 Å². The molecular weight excluding hydrogens is 272 g/mol. The van der Waals surface area contributed by atoms with E-state index in [0.717, 1.165) is 0 Å². The molecule has 7 heteroatoms. The summed E-state index contributed by atoms with van der Waals surface area (Å²) in [4.78, 5) is 26.0. The highest BCUT2D eigenvalue weighted by atomic mass is 16.6. The van der Waals surface area contributed by atoms with Gasteiger partial charge in [-0.15, -0.1) is 0 Å². The Morgan fingerprint density at radius 1 is 1.19 bits per heavy atom. The van der Waals surface area contributed by atoms with E-state index in [0.29, 0.717) is 24.3 Å². The van der Waals surface area contributed by atoms with Crippen molar-refractivity contribution in [1.29, 1.82) is 0 Å². The van der Waals surface area contributed by atoms with E-state index in [1.54, 1.807) is 36.5 Å². The van der Waals surface area contributed by atoms with Crippen molar-refractivity contribution < 1.29 is 9.72 Å². The van der Waals surface area contributed by atoms with E-state index in [1.807, 2.05) is 0 Å². The number of nitrogens with zero attached hydrogens (tertiary/aromatic N) is 2. The predicted molar refractivity (Wildman–Crippen MR) is 78.2 cm³/mol. The number of anilines is 1. The summed E-state index contributed by atoms with van der Waals surface area (Å²) >= 11 is 0. The molecule has 0 aliphatic carbocycles.